The molecule has 1 aliphatic rings. The first-order chi connectivity index (χ1) is 8.88. The van der Waals surface area contributed by atoms with E-state index in [0.717, 1.165) is 18.7 Å². The zero-order chi connectivity index (χ0) is 12.4. The predicted molar refractivity (Wildman–Crippen MR) is 75.2 cm³/mol. The third-order valence-electron chi connectivity index (χ3n) is 3.34. The lowest BCUT2D eigenvalue weighted by Crippen LogP contribution is -1.91. The summed E-state index contributed by atoms with van der Waals surface area (Å²) >= 11 is 0. The molecule has 0 spiro atoms. The Balaban J connectivity index is 1.97. The van der Waals surface area contributed by atoms with Gasteiger partial charge in [0.05, 0.1) is 6.61 Å². The van der Waals surface area contributed by atoms with Gasteiger partial charge < -0.3 is 10.1 Å². The highest BCUT2D eigenvalue weighted by Crippen LogP contribution is 2.33. The summed E-state index contributed by atoms with van der Waals surface area (Å²) in [5.41, 5.74) is 5.31. The molecule has 1 aliphatic heterocycles. The summed E-state index contributed by atoms with van der Waals surface area (Å²) in [5, 5.41) is 3.42. The van der Waals surface area contributed by atoms with Gasteiger partial charge in [0.1, 0.15) is 5.75 Å². The van der Waals surface area contributed by atoms with Crippen molar-refractivity contribution in [2.75, 3.05) is 18.5 Å². The minimum Gasteiger partial charge on any atom is -0.494 e. The van der Waals surface area contributed by atoms with Crippen LogP contribution in [0.15, 0.2) is 42.5 Å². The van der Waals surface area contributed by atoms with Crippen LogP contribution in [-0.4, -0.2) is 13.2 Å². The van der Waals surface area contributed by atoms with Crippen LogP contribution in [0.1, 0.15) is 12.5 Å². The Morgan fingerprint density at radius 1 is 1.11 bits per heavy atom. The molecular formula is C16H17NO. The third kappa shape index (κ3) is 1.94. The molecule has 0 aromatic heterocycles. The molecule has 0 atom stereocenters. The molecule has 0 saturated heterocycles. The lowest BCUT2D eigenvalue weighted by Gasteiger charge is -2.09. The van der Waals surface area contributed by atoms with Crippen LogP contribution in [0.2, 0.25) is 0 Å². The highest BCUT2D eigenvalue weighted by atomic mass is 16.5. The van der Waals surface area contributed by atoms with Gasteiger partial charge in [0.15, 0.2) is 0 Å². The molecule has 3 rings (SSSR count). The molecular weight excluding hydrogens is 222 g/mol. The SMILES string of the molecule is CCOc1ccc(-c2cccc3c2CCN3)cc1. The van der Waals surface area contributed by atoms with Crippen LogP contribution in [0, 0.1) is 0 Å². The Morgan fingerprint density at radius 2 is 1.94 bits per heavy atom. The minimum absolute atomic E-state index is 0.712. The number of hydrogen-bond donors (Lipinski definition) is 1. The summed E-state index contributed by atoms with van der Waals surface area (Å²) in [6.45, 7) is 3.76. The van der Waals surface area contributed by atoms with Gasteiger partial charge in [-0.25, -0.2) is 0 Å². The predicted octanol–water partition coefficient (Wildman–Crippen LogP) is 3.72. The van der Waals surface area contributed by atoms with E-state index >= 15 is 0 Å². The second kappa shape index (κ2) is 4.73. The number of fused-ring (bicyclic) bond motifs is 1. The highest BCUT2D eigenvalue weighted by molar-refractivity contribution is 5.76. The number of ether oxygens (including phenoxy) is 1. The van der Waals surface area contributed by atoms with Crippen molar-refractivity contribution in [3.63, 3.8) is 0 Å². The normalized spacial score (nSPS) is 12.9. The van der Waals surface area contributed by atoms with Crippen LogP contribution >= 0.6 is 0 Å². The zero-order valence-corrected chi connectivity index (χ0v) is 10.6. The largest absolute Gasteiger partial charge is 0.494 e. The van der Waals surface area contributed by atoms with Crippen LogP contribution in [0.25, 0.3) is 11.1 Å². The highest BCUT2D eigenvalue weighted by Gasteiger charge is 2.14. The fourth-order valence-corrected chi connectivity index (χ4v) is 2.51. The van der Waals surface area contributed by atoms with Crippen molar-refractivity contribution >= 4 is 5.69 Å². The van der Waals surface area contributed by atoms with E-state index in [9.17, 15) is 0 Å². The molecule has 1 N–H and O–H groups in total. The maximum atomic E-state index is 5.48. The van der Waals surface area contributed by atoms with Crippen molar-refractivity contribution in [1.82, 2.24) is 0 Å². The van der Waals surface area contributed by atoms with Gasteiger partial charge in [-0.3, -0.25) is 0 Å². The quantitative estimate of drug-likeness (QED) is 0.881. The molecule has 1 heterocycles. The summed E-state index contributed by atoms with van der Waals surface area (Å²) < 4.78 is 5.48. The fourth-order valence-electron chi connectivity index (χ4n) is 2.51. The van der Waals surface area contributed by atoms with Crippen molar-refractivity contribution in [2.45, 2.75) is 13.3 Å². The smallest absolute Gasteiger partial charge is 0.119 e. The average Bonchev–Trinajstić information content (AvgIpc) is 2.88. The maximum absolute atomic E-state index is 5.48. The van der Waals surface area contributed by atoms with Gasteiger partial charge in [0, 0.05) is 12.2 Å². The second-order valence-corrected chi connectivity index (χ2v) is 4.47. The van der Waals surface area contributed by atoms with E-state index in [1.807, 2.05) is 19.1 Å². The maximum Gasteiger partial charge on any atom is 0.119 e. The Bertz CT molecular complexity index is 546. The van der Waals surface area contributed by atoms with Gasteiger partial charge in [-0.2, -0.15) is 0 Å². The lowest BCUT2D eigenvalue weighted by molar-refractivity contribution is 0.340. The third-order valence-corrected chi connectivity index (χ3v) is 3.34. The van der Waals surface area contributed by atoms with Crippen molar-refractivity contribution < 1.29 is 4.74 Å². The van der Waals surface area contributed by atoms with Crippen LogP contribution in [0.4, 0.5) is 5.69 Å². The zero-order valence-electron chi connectivity index (χ0n) is 10.6. The second-order valence-electron chi connectivity index (χ2n) is 4.47. The van der Waals surface area contributed by atoms with E-state index < -0.39 is 0 Å². The van der Waals surface area contributed by atoms with E-state index in [2.05, 4.69) is 35.6 Å². The van der Waals surface area contributed by atoms with Crippen molar-refractivity contribution in [1.29, 1.82) is 0 Å². The van der Waals surface area contributed by atoms with Gasteiger partial charge in [0.2, 0.25) is 0 Å². The average molecular weight is 239 g/mol. The number of benzene rings is 2. The molecule has 0 unspecified atom stereocenters. The van der Waals surface area contributed by atoms with Gasteiger partial charge in [-0.1, -0.05) is 24.3 Å². The van der Waals surface area contributed by atoms with Gasteiger partial charge >= 0.3 is 0 Å². The molecule has 0 radical (unpaired) electrons. The van der Waals surface area contributed by atoms with Crippen LogP contribution in [-0.2, 0) is 6.42 Å². The van der Waals surface area contributed by atoms with E-state index in [-0.39, 0.29) is 0 Å². The van der Waals surface area contributed by atoms with Crippen molar-refractivity contribution in [2.24, 2.45) is 0 Å². The molecule has 0 amide bonds. The summed E-state index contributed by atoms with van der Waals surface area (Å²) in [6.07, 6.45) is 1.11. The van der Waals surface area contributed by atoms with E-state index in [4.69, 9.17) is 4.74 Å². The molecule has 0 bridgehead atoms. The first-order valence-electron chi connectivity index (χ1n) is 6.47. The molecule has 18 heavy (non-hydrogen) atoms. The minimum atomic E-state index is 0.712. The van der Waals surface area contributed by atoms with Crippen molar-refractivity contribution in [3.8, 4) is 16.9 Å². The molecule has 2 aromatic rings. The molecule has 2 heteroatoms. The number of nitrogens with one attached hydrogen (secondary N) is 1. The summed E-state index contributed by atoms with van der Waals surface area (Å²) in [4.78, 5) is 0. The molecule has 0 saturated carbocycles. The first kappa shape index (κ1) is 11.1. The number of hydrogen-bond acceptors (Lipinski definition) is 2. The van der Waals surface area contributed by atoms with E-state index in [0.29, 0.717) is 6.61 Å². The Morgan fingerprint density at radius 3 is 2.72 bits per heavy atom. The van der Waals surface area contributed by atoms with E-state index in [1.54, 1.807) is 0 Å². The Hall–Kier alpha value is -1.96. The molecule has 0 aliphatic carbocycles. The van der Waals surface area contributed by atoms with Gasteiger partial charge in [-0.05, 0) is 48.2 Å². The Kier molecular flexibility index (Phi) is 2.93. The topological polar surface area (TPSA) is 21.3 Å². The summed E-state index contributed by atoms with van der Waals surface area (Å²) in [5.74, 6) is 0.937. The molecule has 2 aromatic carbocycles. The van der Waals surface area contributed by atoms with Crippen LogP contribution < -0.4 is 10.1 Å². The van der Waals surface area contributed by atoms with Crippen molar-refractivity contribution in [3.05, 3.63) is 48.0 Å². The number of rotatable bonds is 3. The van der Waals surface area contributed by atoms with Crippen LogP contribution in [0.3, 0.4) is 0 Å². The van der Waals surface area contributed by atoms with E-state index in [1.165, 1.54) is 22.4 Å². The summed E-state index contributed by atoms with van der Waals surface area (Å²) in [7, 11) is 0. The molecule has 92 valence electrons. The molecule has 2 nitrogen and oxygen atoms in total. The first-order valence-corrected chi connectivity index (χ1v) is 6.47. The molecule has 0 fully saturated rings. The van der Waals surface area contributed by atoms with Crippen LogP contribution in [0.5, 0.6) is 5.75 Å². The van der Waals surface area contributed by atoms with Gasteiger partial charge in [-0.15, -0.1) is 0 Å². The fraction of sp³-hybridized carbons (Fsp3) is 0.250. The Labute approximate surface area is 108 Å². The summed E-state index contributed by atoms with van der Waals surface area (Å²) in [6, 6.07) is 14.8. The van der Waals surface area contributed by atoms with Gasteiger partial charge in [0.25, 0.3) is 0 Å². The lowest BCUT2D eigenvalue weighted by atomic mass is 9.98. The monoisotopic (exact) mass is 239 g/mol. The number of anilines is 1. The standard InChI is InChI=1S/C16H17NO/c1-2-18-13-8-6-12(7-9-13)14-4-3-5-16-15(14)10-11-17-16/h3-9,17H,2,10-11H2,1H3.